The minimum atomic E-state index is -3.41. The fourth-order valence-corrected chi connectivity index (χ4v) is 4.95. The van der Waals surface area contributed by atoms with Gasteiger partial charge in [0, 0.05) is 31.6 Å². The van der Waals surface area contributed by atoms with E-state index in [2.05, 4.69) is 10.0 Å². The highest BCUT2D eigenvalue weighted by Gasteiger charge is 2.47. The maximum atomic E-state index is 13.3. The van der Waals surface area contributed by atoms with E-state index >= 15 is 0 Å². The Morgan fingerprint density at radius 1 is 1.16 bits per heavy atom. The fraction of sp³-hybridized carbons (Fsp3) is 0.571. The minimum Gasteiger partial charge on any atom is -0.353 e. The molecule has 3 rings (SSSR count). The lowest BCUT2D eigenvalue weighted by atomic mass is 10.0. The van der Waals surface area contributed by atoms with Crippen molar-refractivity contribution in [1.82, 2.24) is 19.8 Å². The average Bonchev–Trinajstić information content (AvgIpc) is 3.08. The van der Waals surface area contributed by atoms with Crippen LogP contribution in [0.5, 0.6) is 0 Å². The SMILES string of the molecule is CC(C)C(=O)NC[C@H]1C(=O)N2C[C@@H](NS(C)(=O)=O)C[C@H]2CN1C(=O)Cc1ccccc1. The van der Waals surface area contributed by atoms with Crippen molar-refractivity contribution >= 4 is 27.7 Å². The third kappa shape index (κ3) is 5.82. The van der Waals surface area contributed by atoms with Gasteiger partial charge in [-0.15, -0.1) is 0 Å². The summed E-state index contributed by atoms with van der Waals surface area (Å²) in [6.45, 7) is 4.11. The van der Waals surface area contributed by atoms with E-state index in [4.69, 9.17) is 0 Å². The predicted molar refractivity (Wildman–Crippen MR) is 115 cm³/mol. The van der Waals surface area contributed by atoms with Gasteiger partial charge in [-0.3, -0.25) is 14.4 Å². The molecule has 2 saturated heterocycles. The molecule has 0 spiro atoms. The summed E-state index contributed by atoms with van der Waals surface area (Å²) in [5.41, 5.74) is 0.843. The number of benzene rings is 1. The molecule has 2 aliphatic rings. The van der Waals surface area contributed by atoms with Crippen LogP contribution in [-0.2, 0) is 30.8 Å². The smallest absolute Gasteiger partial charge is 0.247 e. The molecule has 0 aliphatic carbocycles. The Labute approximate surface area is 183 Å². The zero-order valence-corrected chi connectivity index (χ0v) is 18.9. The molecule has 2 aliphatic heterocycles. The van der Waals surface area contributed by atoms with Gasteiger partial charge in [0.25, 0.3) is 0 Å². The predicted octanol–water partition coefficient (Wildman–Crippen LogP) is -0.269. The van der Waals surface area contributed by atoms with Crippen molar-refractivity contribution in [3.63, 3.8) is 0 Å². The molecule has 3 amide bonds. The molecule has 170 valence electrons. The first-order valence-corrected chi connectivity index (χ1v) is 12.3. The van der Waals surface area contributed by atoms with Crippen LogP contribution in [0.3, 0.4) is 0 Å². The molecule has 9 nitrogen and oxygen atoms in total. The molecule has 31 heavy (non-hydrogen) atoms. The number of amides is 3. The molecular weight excluding hydrogens is 420 g/mol. The Bertz CT molecular complexity index is 934. The van der Waals surface area contributed by atoms with E-state index in [0.717, 1.165) is 11.8 Å². The molecular formula is C21H30N4O5S. The number of nitrogens with zero attached hydrogens (tertiary/aromatic N) is 2. The molecule has 2 fully saturated rings. The lowest BCUT2D eigenvalue weighted by molar-refractivity contribution is -0.153. The summed E-state index contributed by atoms with van der Waals surface area (Å²) >= 11 is 0. The molecule has 0 unspecified atom stereocenters. The van der Waals surface area contributed by atoms with E-state index in [9.17, 15) is 22.8 Å². The lowest BCUT2D eigenvalue weighted by Crippen LogP contribution is -2.64. The van der Waals surface area contributed by atoms with Crippen molar-refractivity contribution in [3.8, 4) is 0 Å². The first kappa shape index (κ1) is 23.2. The molecule has 0 aromatic heterocycles. The first-order chi connectivity index (χ1) is 14.5. The van der Waals surface area contributed by atoms with Crippen LogP contribution in [0.2, 0.25) is 0 Å². The second kappa shape index (κ2) is 9.35. The van der Waals surface area contributed by atoms with Crippen LogP contribution >= 0.6 is 0 Å². The highest BCUT2D eigenvalue weighted by atomic mass is 32.2. The molecule has 0 saturated carbocycles. The van der Waals surface area contributed by atoms with Gasteiger partial charge in [0.1, 0.15) is 6.04 Å². The van der Waals surface area contributed by atoms with E-state index in [1.54, 1.807) is 23.6 Å². The standard InChI is InChI=1S/C21H30N4O5S/c1-14(2)20(27)22-11-18-21(28)24-12-16(23-31(3,29)30)10-17(24)13-25(18)19(26)9-15-7-5-4-6-8-15/h4-8,14,16-18,23H,9-13H2,1-3H3,(H,22,27)/t16-,17-,18-/m0/s1. The third-order valence-electron chi connectivity index (χ3n) is 5.66. The monoisotopic (exact) mass is 450 g/mol. The highest BCUT2D eigenvalue weighted by Crippen LogP contribution is 2.27. The maximum absolute atomic E-state index is 13.3. The van der Waals surface area contributed by atoms with Gasteiger partial charge in [-0.25, -0.2) is 13.1 Å². The van der Waals surface area contributed by atoms with Gasteiger partial charge in [-0.05, 0) is 12.0 Å². The molecule has 2 heterocycles. The maximum Gasteiger partial charge on any atom is 0.247 e. The summed E-state index contributed by atoms with van der Waals surface area (Å²) in [6, 6.07) is 7.82. The zero-order valence-electron chi connectivity index (χ0n) is 18.1. The molecule has 1 aromatic rings. The van der Waals surface area contributed by atoms with Gasteiger partial charge < -0.3 is 15.1 Å². The van der Waals surface area contributed by atoms with Gasteiger partial charge >= 0.3 is 0 Å². The normalized spacial score (nSPS) is 23.7. The summed E-state index contributed by atoms with van der Waals surface area (Å²) < 4.78 is 25.8. The second-order valence-corrected chi connectivity index (χ2v) is 10.4. The molecule has 0 bridgehead atoms. The van der Waals surface area contributed by atoms with Gasteiger partial charge in [0.2, 0.25) is 27.7 Å². The van der Waals surface area contributed by atoms with Crippen LogP contribution in [0.25, 0.3) is 0 Å². The quantitative estimate of drug-likeness (QED) is 0.593. The van der Waals surface area contributed by atoms with Crippen molar-refractivity contribution < 1.29 is 22.8 Å². The van der Waals surface area contributed by atoms with Gasteiger partial charge in [-0.1, -0.05) is 44.2 Å². The summed E-state index contributed by atoms with van der Waals surface area (Å²) in [5, 5.41) is 2.77. The summed E-state index contributed by atoms with van der Waals surface area (Å²) in [6.07, 6.45) is 1.69. The Morgan fingerprint density at radius 3 is 2.45 bits per heavy atom. The van der Waals surface area contributed by atoms with Crippen LogP contribution in [0, 0.1) is 5.92 Å². The van der Waals surface area contributed by atoms with Crippen molar-refractivity contribution in [2.24, 2.45) is 5.92 Å². The first-order valence-electron chi connectivity index (χ1n) is 10.4. The topological polar surface area (TPSA) is 116 Å². The highest BCUT2D eigenvalue weighted by molar-refractivity contribution is 7.88. The van der Waals surface area contributed by atoms with E-state index in [1.807, 2.05) is 30.3 Å². The molecule has 1 aromatic carbocycles. The summed E-state index contributed by atoms with van der Waals surface area (Å²) in [7, 11) is -3.41. The Morgan fingerprint density at radius 2 is 1.84 bits per heavy atom. The van der Waals surface area contributed by atoms with Gasteiger partial charge in [0.05, 0.1) is 18.7 Å². The second-order valence-electron chi connectivity index (χ2n) is 8.59. The Kier molecular flexibility index (Phi) is 7.00. The lowest BCUT2D eigenvalue weighted by Gasteiger charge is -2.43. The van der Waals surface area contributed by atoms with E-state index in [1.165, 1.54) is 0 Å². The molecule has 0 radical (unpaired) electrons. The zero-order chi connectivity index (χ0) is 22.8. The van der Waals surface area contributed by atoms with E-state index in [-0.39, 0.29) is 55.2 Å². The molecule has 3 atom stereocenters. The Balaban J connectivity index is 1.79. The summed E-state index contributed by atoms with van der Waals surface area (Å²) in [5.74, 6) is -0.888. The third-order valence-corrected chi connectivity index (χ3v) is 6.42. The van der Waals surface area contributed by atoms with E-state index in [0.29, 0.717) is 13.0 Å². The average molecular weight is 451 g/mol. The van der Waals surface area contributed by atoms with Crippen LogP contribution < -0.4 is 10.0 Å². The number of sulfonamides is 1. The van der Waals surface area contributed by atoms with Gasteiger partial charge in [-0.2, -0.15) is 0 Å². The number of piperazine rings is 1. The number of fused-ring (bicyclic) bond motifs is 1. The number of nitrogens with one attached hydrogen (secondary N) is 2. The summed E-state index contributed by atoms with van der Waals surface area (Å²) in [4.78, 5) is 41.7. The number of rotatable bonds is 7. The Hall–Kier alpha value is -2.46. The van der Waals surface area contributed by atoms with Gasteiger partial charge in [0.15, 0.2) is 0 Å². The van der Waals surface area contributed by atoms with Crippen LogP contribution in [0.1, 0.15) is 25.8 Å². The van der Waals surface area contributed by atoms with Crippen LogP contribution in [-0.4, -0.2) is 80.0 Å². The van der Waals surface area contributed by atoms with Crippen LogP contribution in [0.15, 0.2) is 30.3 Å². The van der Waals surface area contributed by atoms with Crippen LogP contribution in [0.4, 0.5) is 0 Å². The minimum absolute atomic E-state index is 0.0315. The number of carbonyl (C=O) groups is 3. The fourth-order valence-electron chi connectivity index (χ4n) is 4.17. The van der Waals surface area contributed by atoms with Crippen molar-refractivity contribution in [3.05, 3.63) is 35.9 Å². The largest absolute Gasteiger partial charge is 0.353 e. The molecule has 10 heteroatoms. The molecule has 2 N–H and O–H groups in total. The number of hydrogen-bond donors (Lipinski definition) is 2. The number of hydrogen-bond acceptors (Lipinski definition) is 5. The van der Waals surface area contributed by atoms with E-state index < -0.39 is 16.1 Å². The van der Waals surface area contributed by atoms with Crippen molar-refractivity contribution in [2.45, 2.75) is 44.8 Å². The van der Waals surface area contributed by atoms with Crippen molar-refractivity contribution in [1.29, 1.82) is 0 Å². The van der Waals surface area contributed by atoms with Crippen molar-refractivity contribution in [2.75, 3.05) is 25.9 Å². The number of carbonyl (C=O) groups excluding carboxylic acids is 3.